The highest BCUT2D eigenvalue weighted by molar-refractivity contribution is 8.00. The predicted molar refractivity (Wildman–Crippen MR) is 114 cm³/mol. The molecule has 1 atom stereocenters. The van der Waals surface area contributed by atoms with Gasteiger partial charge in [-0.05, 0) is 47.2 Å². The highest BCUT2D eigenvalue weighted by atomic mass is 32.2. The van der Waals surface area contributed by atoms with E-state index in [4.69, 9.17) is 0 Å². The lowest BCUT2D eigenvalue weighted by atomic mass is 10.1. The fraction of sp³-hybridized carbons (Fsp3) is 0.0909. The van der Waals surface area contributed by atoms with Crippen molar-refractivity contribution in [3.63, 3.8) is 0 Å². The second-order valence-corrected chi connectivity index (χ2v) is 7.54. The van der Waals surface area contributed by atoms with E-state index in [1.165, 1.54) is 11.8 Å². The Balaban J connectivity index is 1.63. The minimum absolute atomic E-state index is 0.132. The SMILES string of the molecule is Cc1ccc(NC(=O)[C@H](Sc2nnnn2-c2ccccc2)c2ccccc2)cc1. The maximum atomic E-state index is 13.2. The van der Waals surface area contributed by atoms with Gasteiger partial charge in [-0.15, -0.1) is 5.10 Å². The van der Waals surface area contributed by atoms with E-state index in [1.807, 2.05) is 91.9 Å². The smallest absolute Gasteiger partial charge is 0.242 e. The fourth-order valence-corrected chi connectivity index (χ4v) is 3.83. The van der Waals surface area contributed by atoms with E-state index in [-0.39, 0.29) is 5.91 Å². The van der Waals surface area contributed by atoms with Crippen LogP contribution in [0.25, 0.3) is 5.69 Å². The van der Waals surface area contributed by atoms with Crippen molar-refractivity contribution in [1.82, 2.24) is 20.2 Å². The zero-order valence-corrected chi connectivity index (χ0v) is 16.6. The van der Waals surface area contributed by atoms with Crippen LogP contribution in [0, 0.1) is 6.92 Å². The molecule has 0 saturated carbocycles. The zero-order valence-electron chi connectivity index (χ0n) is 15.8. The second-order valence-electron chi connectivity index (χ2n) is 6.47. The number of thioether (sulfide) groups is 1. The molecule has 0 bridgehead atoms. The van der Waals surface area contributed by atoms with Crippen LogP contribution < -0.4 is 5.32 Å². The monoisotopic (exact) mass is 401 g/mol. The van der Waals surface area contributed by atoms with Crippen LogP contribution in [-0.2, 0) is 4.79 Å². The molecule has 0 saturated heterocycles. The number of hydrogen-bond donors (Lipinski definition) is 1. The zero-order chi connectivity index (χ0) is 20.1. The molecule has 0 radical (unpaired) electrons. The molecule has 1 heterocycles. The van der Waals surface area contributed by atoms with Crippen molar-refractivity contribution >= 4 is 23.4 Å². The van der Waals surface area contributed by atoms with Crippen molar-refractivity contribution in [3.05, 3.63) is 96.1 Å². The van der Waals surface area contributed by atoms with Gasteiger partial charge in [0.25, 0.3) is 0 Å². The topological polar surface area (TPSA) is 72.7 Å². The largest absolute Gasteiger partial charge is 0.325 e. The molecular weight excluding hydrogens is 382 g/mol. The number of benzene rings is 3. The average Bonchev–Trinajstić information content (AvgIpc) is 3.23. The van der Waals surface area contributed by atoms with E-state index in [0.717, 1.165) is 22.5 Å². The molecule has 4 aromatic rings. The van der Waals surface area contributed by atoms with Crippen LogP contribution in [0.4, 0.5) is 5.69 Å². The number of tetrazole rings is 1. The Kier molecular flexibility index (Phi) is 5.67. The number of rotatable bonds is 6. The van der Waals surface area contributed by atoms with Gasteiger partial charge in [-0.2, -0.15) is 4.68 Å². The number of carbonyl (C=O) groups is 1. The Labute approximate surface area is 173 Å². The molecule has 1 amide bonds. The van der Waals surface area contributed by atoms with Crippen LogP contribution in [0.15, 0.2) is 90.1 Å². The van der Waals surface area contributed by atoms with Gasteiger partial charge >= 0.3 is 0 Å². The molecule has 7 heteroatoms. The summed E-state index contributed by atoms with van der Waals surface area (Å²) in [5.74, 6) is -0.132. The summed E-state index contributed by atoms with van der Waals surface area (Å²) >= 11 is 1.32. The lowest BCUT2D eigenvalue weighted by Gasteiger charge is -2.16. The van der Waals surface area contributed by atoms with Gasteiger partial charge in [0.1, 0.15) is 5.25 Å². The molecule has 1 aromatic heterocycles. The number of nitrogens with zero attached hydrogens (tertiary/aromatic N) is 4. The number of hydrogen-bond acceptors (Lipinski definition) is 5. The molecule has 4 rings (SSSR count). The Hall–Kier alpha value is -3.45. The maximum absolute atomic E-state index is 13.2. The third-order valence-electron chi connectivity index (χ3n) is 4.32. The summed E-state index contributed by atoms with van der Waals surface area (Å²) in [4.78, 5) is 13.2. The molecule has 6 nitrogen and oxygen atoms in total. The summed E-state index contributed by atoms with van der Waals surface area (Å²) in [6.07, 6.45) is 0. The van der Waals surface area contributed by atoms with Crippen LogP contribution in [0.3, 0.4) is 0 Å². The number of anilines is 1. The number of para-hydroxylation sites is 1. The minimum atomic E-state index is -0.508. The first-order chi connectivity index (χ1) is 14.2. The molecule has 29 heavy (non-hydrogen) atoms. The molecule has 0 aliphatic carbocycles. The molecule has 0 unspecified atom stereocenters. The molecule has 0 spiro atoms. The summed E-state index contributed by atoms with van der Waals surface area (Å²) < 4.78 is 1.64. The Morgan fingerprint density at radius 2 is 1.59 bits per heavy atom. The lowest BCUT2D eigenvalue weighted by molar-refractivity contribution is -0.115. The van der Waals surface area contributed by atoms with Gasteiger partial charge in [-0.25, -0.2) is 0 Å². The second kappa shape index (κ2) is 8.70. The van der Waals surface area contributed by atoms with E-state index in [0.29, 0.717) is 5.16 Å². The lowest BCUT2D eigenvalue weighted by Crippen LogP contribution is -2.19. The van der Waals surface area contributed by atoms with E-state index >= 15 is 0 Å². The van der Waals surface area contributed by atoms with Gasteiger partial charge in [0, 0.05) is 5.69 Å². The maximum Gasteiger partial charge on any atom is 0.242 e. The Bertz CT molecular complexity index is 1080. The molecule has 0 aliphatic rings. The number of carbonyl (C=O) groups excluding carboxylic acids is 1. The first-order valence-corrected chi connectivity index (χ1v) is 10.0. The fourth-order valence-electron chi connectivity index (χ4n) is 2.83. The third-order valence-corrected chi connectivity index (χ3v) is 5.51. The molecule has 0 fully saturated rings. The van der Waals surface area contributed by atoms with Gasteiger partial charge in [-0.1, -0.05) is 78.0 Å². The highest BCUT2D eigenvalue weighted by Crippen LogP contribution is 2.35. The van der Waals surface area contributed by atoms with Gasteiger partial charge in [0.05, 0.1) is 5.69 Å². The van der Waals surface area contributed by atoms with Crippen LogP contribution in [-0.4, -0.2) is 26.1 Å². The summed E-state index contributed by atoms with van der Waals surface area (Å²) in [5, 5.41) is 15.1. The number of aryl methyl sites for hydroxylation is 1. The summed E-state index contributed by atoms with van der Waals surface area (Å²) in [6.45, 7) is 2.01. The van der Waals surface area contributed by atoms with Crippen LogP contribution >= 0.6 is 11.8 Å². The average molecular weight is 401 g/mol. The predicted octanol–water partition coefficient (Wildman–Crippen LogP) is 4.44. The standard InChI is InChI=1S/C22H19N5OS/c1-16-12-14-18(15-13-16)23-21(28)20(17-8-4-2-5-9-17)29-22-24-25-26-27(22)19-10-6-3-7-11-19/h2-15,20H,1H3,(H,23,28)/t20-/m1/s1. The first-order valence-electron chi connectivity index (χ1n) is 9.13. The minimum Gasteiger partial charge on any atom is -0.325 e. The number of amides is 1. The van der Waals surface area contributed by atoms with Crippen LogP contribution in [0.5, 0.6) is 0 Å². The Morgan fingerprint density at radius 1 is 0.931 bits per heavy atom. The van der Waals surface area contributed by atoms with E-state index in [2.05, 4.69) is 20.8 Å². The molecule has 0 aliphatic heterocycles. The van der Waals surface area contributed by atoms with E-state index < -0.39 is 5.25 Å². The van der Waals surface area contributed by atoms with Crippen LogP contribution in [0.2, 0.25) is 0 Å². The quantitative estimate of drug-likeness (QED) is 0.484. The third kappa shape index (κ3) is 4.52. The van der Waals surface area contributed by atoms with Crippen molar-refractivity contribution < 1.29 is 4.79 Å². The van der Waals surface area contributed by atoms with E-state index in [9.17, 15) is 4.79 Å². The van der Waals surface area contributed by atoms with Crippen molar-refractivity contribution in [1.29, 1.82) is 0 Å². The molecular formula is C22H19N5OS. The van der Waals surface area contributed by atoms with Crippen molar-refractivity contribution in [2.24, 2.45) is 0 Å². The summed E-state index contributed by atoms with van der Waals surface area (Å²) in [6, 6.07) is 27.0. The van der Waals surface area contributed by atoms with Gasteiger partial charge in [0.15, 0.2) is 0 Å². The van der Waals surface area contributed by atoms with Crippen LogP contribution in [0.1, 0.15) is 16.4 Å². The molecule has 144 valence electrons. The van der Waals surface area contributed by atoms with Crippen molar-refractivity contribution in [2.75, 3.05) is 5.32 Å². The van der Waals surface area contributed by atoms with Gasteiger partial charge in [-0.3, -0.25) is 4.79 Å². The van der Waals surface area contributed by atoms with Crippen molar-refractivity contribution in [3.8, 4) is 5.69 Å². The summed E-state index contributed by atoms with van der Waals surface area (Å²) in [7, 11) is 0. The Morgan fingerprint density at radius 3 is 2.28 bits per heavy atom. The van der Waals surface area contributed by atoms with Gasteiger partial charge in [0.2, 0.25) is 11.1 Å². The van der Waals surface area contributed by atoms with Gasteiger partial charge < -0.3 is 5.32 Å². The molecule has 1 N–H and O–H groups in total. The van der Waals surface area contributed by atoms with E-state index in [1.54, 1.807) is 4.68 Å². The van der Waals surface area contributed by atoms with Crippen molar-refractivity contribution in [2.45, 2.75) is 17.3 Å². The summed E-state index contributed by atoms with van der Waals surface area (Å²) in [5.41, 5.74) is 3.61. The first kappa shape index (κ1) is 18.9. The highest BCUT2D eigenvalue weighted by Gasteiger charge is 2.25. The normalized spacial score (nSPS) is 11.8. The molecule has 3 aromatic carbocycles. The number of nitrogens with one attached hydrogen (secondary N) is 1. The number of aromatic nitrogens is 4.